The van der Waals surface area contributed by atoms with Gasteiger partial charge in [-0.05, 0) is 30.3 Å². The van der Waals surface area contributed by atoms with Crippen LogP contribution in [0.5, 0.6) is 0 Å². The standard InChI is InChI=1S/C16H13FN2O/c1-19(12-8-6-11(17)7-9-12)16-14(10-20)13-4-2-3-5-15(13)18-16/h2-10,18H,1H3. The first-order chi connectivity index (χ1) is 9.70. The molecule has 3 rings (SSSR count). The molecule has 1 N–H and O–H groups in total. The number of anilines is 2. The summed E-state index contributed by atoms with van der Waals surface area (Å²) in [5, 5.41) is 0.881. The highest BCUT2D eigenvalue weighted by atomic mass is 19.1. The maximum Gasteiger partial charge on any atom is 0.154 e. The van der Waals surface area contributed by atoms with Crippen molar-refractivity contribution in [3.05, 3.63) is 59.9 Å². The smallest absolute Gasteiger partial charge is 0.154 e. The third kappa shape index (κ3) is 1.95. The van der Waals surface area contributed by atoms with E-state index in [1.807, 2.05) is 36.2 Å². The molecule has 1 heterocycles. The Balaban J connectivity index is 2.13. The van der Waals surface area contributed by atoms with E-state index in [9.17, 15) is 9.18 Å². The lowest BCUT2D eigenvalue weighted by atomic mass is 10.2. The number of hydrogen-bond donors (Lipinski definition) is 1. The molecule has 0 saturated heterocycles. The van der Waals surface area contributed by atoms with Crippen LogP contribution >= 0.6 is 0 Å². The quantitative estimate of drug-likeness (QED) is 0.731. The summed E-state index contributed by atoms with van der Waals surface area (Å²) >= 11 is 0. The summed E-state index contributed by atoms with van der Waals surface area (Å²) in [7, 11) is 1.84. The van der Waals surface area contributed by atoms with E-state index in [2.05, 4.69) is 4.98 Å². The first-order valence-electron chi connectivity index (χ1n) is 6.26. The highest BCUT2D eigenvalue weighted by molar-refractivity contribution is 6.04. The monoisotopic (exact) mass is 268 g/mol. The van der Waals surface area contributed by atoms with Crippen molar-refractivity contribution < 1.29 is 9.18 Å². The number of carbonyl (C=O) groups excluding carboxylic acids is 1. The minimum Gasteiger partial charge on any atom is -0.341 e. The number of benzene rings is 2. The highest BCUT2D eigenvalue weighted by Crippen LogP contribution is 2.31. The fourth-order valence-electron chi connectivity index (χ4n) is 2.33. The fourth-order valence-corrected chi connectivity index (χ4v) is 2.33. The first kappa shape index (κ1) is 12.4. The Hall–Kier alpha value is -2.62. The van der Waals surface area contributed by atoms with Gasteiger partial charge in [0.25, 0.3) is 0 Å². The summed E-state index contributed by atoms with van der Waals surface area (Å²) in [6.45, 7) is 0. The van der Waals surface area contributed by atoms with Gasteiger partial charge in [0.15, 0.2) is 6.29 Å². The van der Waals surface area contributed by atoms with Crippen LogP contribution < -0.4 is 4.90 Å². The van der Waals surface area contributed by atoms with Crippen molar-refractivity contribution in [2.24, 2.45) is 0 Å². The number of hydrogen-bond acceptors (Lipinski definition) is 2. The minimum atomic E-state index is -0.283. The minimum absolute atomic E-state index is 0.283. The first-order valence-corrected chi connectivity index (χ1v) is 6.26. The second-order valence-electron chi connectivity index (χ2n) is 4.59. The highest BCUT2D eigenvalue weighted by Gasteiger charge is 2.15. The van der Waals surface area contributed by atoms with E-state index in [0.717, 1.165) is 22.9 Å². The van der Waals surface area contributed by atoms with Crippen LogP contribution in [-0.2, 0) is 0 Å². The van der Waals surface area contributed by atoms with Gasteiger partial charge in [-0.2, -0.15) is 0 Å². The van der Waals surface area contributed by atoms with Crippen molar-refractivity contribution in [2.45, 2.75) is 0 Å². The zero-order valence-electron chi connectivity index (χ0n) is 10.9. The molecular weight excluding hydrogens is 255 g/mol. The normalized spacial score (nSPS) is 10.7. The molecule has 0 aliphatic rings. The Morgan fingerprint density at radius 1 is 1.10 bits per heavy atom. The van der Waals surface area contributed by atoms with E-state index in [-0.39, 0.29) is 5.82 Å². The lowest BCUT2D eigenvalue weighted by Gasteiger charge is -2.18. The van der Waals surface area contributed by atoms with Gasteiger partial charge < -0.3 is 9.88 Å². The number of aldehydes is 1. The van der Waals surface area contributed by atoms with Gasteiger partial charge in [0.05, 0.1) is 5.56 Å². The zero-order valence-corrected chi connectivity index (χ0v) is 10.9. The van der Waals surface area contributed by atoms with E-state index in [4.69, 9.17) is 0 Å². The van der Waals surface area contributed by atoms with E-state index < -0.39 is 0 Å². The molecule has 0 atom stereocenters. The summed E-state index contributed by atoms with van der Waals surface area (Å²) in [6.07, 6.45) is 0.841. The Labute approximate surface area is 115 Å². The topological polar surface area (TPSA) is 36.1 Å². The summed E-state index contributed by atoms with van der Waals surface area (Å²) in [6, 6.07) is 13.8. The maximum atomic E-state index is 13.0. The molecule has 0 bridgehead atoms. The van der Waals surface area contributed by atoms with Crippen molar-refractivity contribution in [3.8, 4) is 0 Å². The van der Waals surface area contributed by atoms with Gasteiger partial charge in [-0.1, -0.05) is 18.2 Å². The van der Waals surface area contributed by atoms with E-state index in [1.54, 1.807) is 12.1 Å². The van der Waals surface area contributed by atoms with Crippen LogP contribution in [0.3, 0.4) is 0 Å². The number of nitrogens with one attached hydrogen (secondary N) is 1. The second-order valence-corrected chi connectivity index (χ2v) is 4.59. The molecule has 1 aromatic heterocycles. The summed E-state index contributed by atoms with van der Waals surface area (Å²) in [4.78, 5) is 16.5. The number of nitrogens with zero attached hydrogens (tertiary/aromatic N) is 1. The fraction of sp³-hybridized carbons (Fsp3) is 0.0625. The number of fused-ring (bicyclic) bond motifs is 1. The summed E-state index contributed by atoms with van der Waals surface area (Å²) in [5.41, 5.74) is 2.31. The Kier molecular flexibility index (Phi) is 2.99. The van der Waals surface area contributed by atoms with Gasteiger partial charge in [-0.3, -0.25) is 4.79 Å². The van der Waals surface area contributed by atoms with Crippen molar-refractivity contribution in [1.82, 2.24) is 4.98 Å². The van der Waals surface area contributed by atoms with Crippen LogP contribution in [0.25, 0.3) is 10.9 Å². The van der Waals surface area contributed by atoms with Crippen molar-refractivity contribution in [3.63, 3.8) is 0 Å². The van der Waals surface area contributed by atoms with Crippen LogP contribution in [0.1, 0.15) is 10.4 Å². The molecule has 0 unspecified atom stereocenters. The third-order valence-electron chi connectivity index (χ3n) is 3.39. The van der Waals surface area contributed by atoms with Gasteiger partial charge in [-0.25, -0.2) is 4.39 Å². The van der Waals surface area contributed by atoms with Crippen LogP contribution in [0.4, 0.5) is 15.9 Å². The zero-order chi connectivity index (χ0) is 14.1. The molecule has 0 fully saturated rings. The second kappa shape index (κ2) is 4.81. The number of aromatic amines is 1. The SMILES string of the molecule is CN(c1ccc(F)cc1)c1[nH]c2ccccc2c1C=O. The molecule has 100 valence electrons. The molecule has 0 radical (unpaired) electrons. The van der Waals surface area contributed by atoms with E-state index in [1.165, 1.54) is 12.1 Å². The van der Waals surface area contributed by atoms with Gasteiger partial charge in [0.2, 0.25) is 0 Å². The van der Waals surface area contributed by atoms with Crippen LogP contribution in [-0.4, -0.2) is 18.3 Å². The number of rotatable bonds is 3. The molecule has 0 aliphatic carbocycles. The third-order valence-corrected chi connectivity index (χ3v) is 3.39. The number of aromatic nitrogens is 1. The molecule has 0 amide bonds. The number of H-pyrrole nitrogens is 1. The van der Waals surface area contributed by atoms with Gasteiger partial charge in [-0.15, -0.1) is 0 Å². The largest absolute Gasteiger partial charge is 0.341 e. The van der Waals surface area contributed by atoms with Gasteiger partial charge >= 0.3 is 0 Å². The average molecular weight is 268 g/mol. The Bertz CT molecular complexity index is 762. The number of para-hydroxylation sites is 1. The molecular formula is C16H13FN2O. The molecule has 0 saturated carbocycles. The summed E-state index contributed by atoms with van der Waals surface area (Å²) in [5.74, 6) is 0.419. The van der Waals surface area contributed by atoms with Crippen LogP contribution in [0.15, 0.2) is 48.5 Å². The maximum absolute atomic E-state index is 13.0. The van der Waals surface area contributed by atoms with Crippen LogP contribution in [0.2, 0.25) is 0 Å². The lowest BCUT2D eigenvalue weighted by molar-refractivity contribution is 0.112. The predicted octanol–water partition coefficient (Wildman–Crippen LogP) is 3.89. The lowest BCUT2D eigenvalue weighted by Crippen LogP contribution is -2.11. The van der Waals surface area contributed by atoms with Gasteiger partial charge in [0.1, 0.15) is 11.6 Å². The van der Waals surface area contributed by atoms with Crippen molar-refractivity contribution >= 4 is 28.7 Å². The molecule has 3 nitrogen and oxygen atoms in total. The molecule has 0 spiro atoms. The molecule has 3 aromatic rings. The van der Waals surface area contributed by atoms with E-state index in [0.29, 0.717) is 11.4 Å². The molecule has 20 heavy (non-hydrogen) atoms. The predicted molar refractivity (Wildman–Crippen MR) is 78.1 cm³/mol. The van der Waals surface area contributed by atoms with Crippen LogP contribution in [0, 0.1) is 5.82 Å². The average Bonchev–Trinajstić information content (AvgIpc) is 2.85. The Morgan fingerprint density at radius 3 is 2.50 bits per heavy atom. The van der Waals surface area contributed by atoms with Crippen molar-refractivity contribution in [2.75, 3.05) is 11.9 Å². The summed E-state index contributed by atoms with van der Waals surface area (Å²) < 4.78 is 13.0. The number of halogens is 1. The number of carbonyl (C=O) groups is 1. The van der Waals surface area contributed by atoms with Crippen molar-refractivity contribution in [1.29, 1.82) is 0 Å². The molecule has 2 aromatic carbocycles. The van der Waals surface area contributed by atoms with E-state index >= 15 is 0 Å². The van der Waals surface area contributed by atoms with Gasteiger partial charge in [0, 0.05) is 23.6 Å². The molecule has 0 aliphatic heterocycles. The Morgan fingerprint density at radius 2 is 1.80 bits per heavy atom. The molecule has 4 heteroatoms.